The van der Waals surface area contributed by atoms with Crippen LogP contribution in [-0.4, -0.2) is 23.7 Å². The highest BCUT2D eigenvalue weighted by molar-refractivity contribution is 5.87. The average Bonchev–Trinajstić information content (AvgIpc) is 2.52. The largest absolute Gasteiger partial charge is 0.478 e. The Morgan fingerprint density at radius 3 is 2.38 bits per heavy atom. The Kier molecular flexibility index (Phi) is 5.37. The molecule has 5 nitrogen and oxygen atoms in total. The van der Waals surface area contributed by atoms with E-state index in [-0.39, 0.29) is 11.6 Å². The van der Waals surface area contributed by atoms with E-state index in [9.17, 15) is 9.59 Å². The second-order valence-electron chi connectivity index (χ2n) is 5.15. The Bertz CT molecular complexity index is 535. The van der Waals surface area contributed by atoms with Crippen molar-refractivity contribution in [2.24, 2.45) is 0 Å². The normalized spacial score (nSPS) is 14.2. The molecule has 1 aliphatic rings. The van der Waals surface area contributed by atoms with E-state index < -0.39 is 5.97 Å². The van der Waals surface area contributed by atoms with E-state index in [1.54, 1.807) is 12.1 Å². The Balaban J connectivity index is 1.73. The Hall–Kier alpha value is -2.30. The fraction of sp³-hybridized carbons (Fsp3) is 0.375. The van der Waals surface area contributed by atoms with E-state index >= 15 is 0 Å². The minimum atomic E-state index is -0.951. The highest BCUT2D eigenvalue weighted by atomic mass is 16.4. The van der Waals surface area contributed by atoms with E-state index in [0.717, 1.165) is 18.4 Å². The van der Waals surface area contributed by atoms with Gasteiger partial charge in [-0.15, -0.1) is 0 Å². The molecule has 1 aromatic carbocycles. The van der Waals surface area contributed by atoms with Gasteiger partial charge in [0.05, 0.1) is 5.56 Å². The molecule has 0 spiro atoms. The van der Waals surface area contributed by atoms with Crippen molar-refractivity contribution in [3.63, 3.8) is 0 Å². The predicted molar refractivity (Wildman–Crippen MR) is 80.2 cm³/mol. The highest BCUT2D eigenvalue weighted by Gasteiger charge is 2.06. The van der Waals surface area contributed by atoms with E-state index in [4.69, 9.17) is 5.11 Å². The first-order valence-corrected chi connectivity index (χ1v) is 7.17. The number of carboxylic acids is 1. The van der Waals surface area contributed by atoms with Crippen LogP contribution >= 0.6 is 0 Å². The predicted octanol–water partition coefficient (Wildman–Crippen LogP) is 2.68. The van der Waals surface area contributed by atoms with Crippen molar-refractivity contribution in [1.82, 2.24) is 10.6 Å². The van der Waals surface area contributed by atoms with Gasteiger partial charge in [-0.3, -0.25) is 0 Å². The van der Waals surface area contributed by atoms with Crippen molar-refractivity contribution in [2.45, 2.75) is 32.2 Å². The number of rotatable bonds is 5. The monoisotopic (exact) mass is 288 g/mol. The fourth-order valence-corrected chi connectivity index (χ4v) is 2.27. The molecule has 0 radical (unpaired) electrons. The van der Waals surface area contributed by atoms with Gasteiger partial charge in [-0.2, -0.15) is 0 Å². The van der Waals surface area contributed by atoms with Crippen LogP contribution in [0.25, 0.3) is 0 Å². The lowest BCUT2D eigenvalue weighted by molar-refractivity contribution is 0.0697. The molecule has 1 aliphatic carbocycles. The second kappa shape index (κ2) is 7.47. The number of allylic oxidation sites excluding steroid dienone is 1. The van der Waals surface area contributed by atoms with Crippen LogP contribution in [0.5, 0.6) is 0 Å². The average molecular weight is 288 g/mol. The number of carbonyl (C=O) groups is 2. The van der Waals surface area contributed by atoms with Crippen molar-refractivity contribution >= 4 is 12.0 Å². The van der Waals surface area contributed by atoms with Crippen LogP contribution in [0.2, 0.25) is 0 Å². The van der Waals surface area contributed by atoms with E-state index in [2.05, 4.69) is 16.7 Å². The molecule has 0 saturated carbocycles. The topological polar surface area (TPSA) is 78.4 Å². The van der Waals surface area contributed by atoms with Gasteiger partial charge in [-0.25, -0.2) is 9.59 Å². The summed E-state index contributed by atoms with van der Waals surface area (Å²) >= 11 is 0. The first kappa shape index (κ1) is 15.1. The molecule has 0 aliphatic heterocycles. The zero-order valence-corrected chi connectivity index (χ0v) is 11.9. The number of benzene rings is 1. The van der Waals surface area contributed by atoms with Gasteiger partial charge >= 0.3 is 12.0 Å². The Morgan fingerprint density at radius 1 is 1.05 bits per heavy atom. The van der Waals surface area contributed by atoms with Gasteiger partial charge in [0.1, 0.15) is 0 Å². The number of carboxylic acid groups (broad SMARTS) is 1. The van der Waals surface area contributed by atoms with Crippen LogP contribution in [-0.2, 0) is 6.54 Å². The molecule has 21 heavy (non-hydrogen) atoms. The summed E-state index contributed by atoms with van der Waals surface area (Å²) < 4.78 is 0. The first-order chi connectivity index (χ1) is 10.1. The molecule has 0 aromatic heterocycles. The molecule has 0 unspecified atom stereocenters. The van der Waals surface area contributed by atoms with Crippen LogP contribution in [0.3, 0.4) is 0 Å². The zero-order valence-electron chi connectivity index (χ0n) is 11.9. The summed E-state index contributed by atoms with van der Waals surface area (Å²) in [4.78, 5) is 22.4. The van der Waals surface area contributed by atoms with Gasteiger partial charge in [-0.05, 0) is 43.4 Å². The van der Waals surface area contributed by atoms with E-state index in [0.29, 0.717) is 13.1 Å². The maximum absolute atomic E-state index is 11.7. The van der Waals surface area contributed by atoms with Crippen LogP contribution in [0.1, 0.15) is 41.6 Å². The van der Waals surface area contributed by atoms with E-state index in [1.165, 1.54) is 30.5 Å². The summed E-state index contributed by atoms with van der Waals surface area (Å²) in [7, 11) is 0. The summed E-state index contributed by atoms with van der Waals surface area (Å²) in [6, 6.07) is 6.26. The summed E-state index contributed by atoms with van der Waals surface area (Å²) in [5, 5.41) is 14.4. The van der Waals surface area contributed by atoms with Crippen molar-refractivity contribution < 1.29 is 14.7 Å². The molecular weight excluding hydrogens is 268 g/mol. The van der Waals surface area contributed by atoms with Gasteiger partial charge < -0.3 is 15.7 Å². The third-order valence-corrected chi connectivity index (χ3v) is 3.51. The van der Waals surface area contributed by atoms with Crippen molar-refractivity contribution in [3.8, 4) is 0 Å². The smallest absolute Gasteiger partial charge is 0.335 e. The number of nitrogens with one attached hydrogen (secondary N) is 2. The van der Waals surface area contributed by atoms with Gasteiger partial charge in [0.15, 0.2) is 0 Å². The Morgan fingerprint density at radius 2 is 1.76 bits per heavy atom. The number of hydrogen-bond donors (Lipinski definition) is 3. The summed E-state index contributed by atoms with van der Waals surface area (Å²) in [6.45, 7) is 0.981. The summed E-state index contributed by atoms with van der Waals surface area (Å²) in [5.41, 5.74) is 2.40. The van der Waals surface area contributed by atoms with Gasteiger partial charge in [0.25, 0.3) is 0 Å². The third-order valence-electron chi connectivity index (χ3n) is 3.51. The molecule has 5 heteroatoms. The second-order valence-corrected chi connectivity index (χ2v) is 5.15. The molecule has 0 fully saturated rings. The molecule has 2 rings (SSSR count). The van der Waals surface area contributed by atoms with Crippen LogP contribution < -0.4 is 10.6 Å². The fourth-order valence-electron chi connectivity index (χ4n) is 2.27. The third kappa shape index (κ3) is 4.95. The maximum Gasteiger partial charge on any atom is 0.335 e. The van der Waals surface area contributed by atoms with Crippen LogP contribution in [0.15, 0.2) is 35.9 Å². The molecule has 0 heterocycles. The molecule has 0 atom stereocenters. The lowest BCUT2D eigenvalue weighted by atomic mass is 10.00. The summed E-state index contributed by atoms with van der Waals surface area (Å²) in [6.07, 6.45) is 6.81. The summed E-state index contributed by atoms with van der Waals surface area (Å²) in [5.74, 6) is -0.951. The molecule has 0 saturated heterocycles. The van der Waals surface area contributed by atoms with Gasteiger partial charge in [-0.1, -0.05) is 23.8 Å². The SMILES string of the molecule is O=C(NCC1=CCCCC1)NCc1ccc(C(=O)O)cc1. The minimum Gasteiger partial charge on any atom is -0.478 e. The standard InChI is InChI=1S/C16H20N2O3/c19-15(20)14-8-6-13(7-9-14)11-18-16(21)17-10-12-4-2-1-3-5-12/h4,6-9H,1-3,5,10-11H2,(H,19,20)(H2,17,18,21). The maximum atomic E-state index is 11.7. The molecule has 0 bridgehead atoms. The lowest BCUT2D eigenvalue weighted by Gasteiger charge is -2.14. The minimum absolute atomic E-state index is 0.205. The lowest BCUT2D eigenvalue weighted by Crippen LogP contribution is -2.36. The van der Waals surface area contributed by atoms with Crippen molar-refractivity contribution in [1.29, 1.82) is 0 Å². The number of amides is 2. The number of aromatic carboxylic acids is 1. The molecule has 2 amide bonds. The number of hydrogen-bond acceptors (Lipinski definition) is 2. The van der Waals surface area contributed by atoms with E-state index in [1.807, 2.05) is 0 Å². The quantitative estimate of drug-likeness (QED) is 0.729. The first-order valence-electron chi connectivity index (χ1n) is 7.17. The zero-order chi connectivity index (χ0) is 15.1. The number of carbonyl (C=O) groups excluding carboxylic acids is 1. The molecule has 1 aromatic rings. The molecule has 3 N–H and O–H groups in total. The van der Waals surface area contributed by atoms with Gasteiger partial charge in [0.2, 0.25) is 0 Å². The van der Waals surface area contributed by atoms with Crippen LogP contribution in [0, 0.1) is 0 Å². The van der Waals surface area contributed by atoms with Crippen LogP contribution in [0.4, 0.5) is 4.79 Å². The molecular formula is C16H20N2O3. The molecule has 112 valence electrons. The number of urea groups is 1. The van der Waals surface area contributed by atoms with Gasteiger partial charge in [0, 0.05) is 13.1 Å². The van der Waals surface area contributed by atoms with Crippen molar-refractivity contribution in [2.75, 3.05) is 6.54 Å². The van der Waals surface area contributed by atoms with Crippen molar-refractivity contribution in [3.05, 3.63) is 47.0 Å². The highest BCUT2D eigenvalue weighted by Crippen LogP contribution is 2.16. The Labute approximate surface area is 124 Å².